The first-order valence-corrected chi connectivity index (χ1v) is 9.18. The molecule has 1 aromatic carbocycles. The van der Waals surface area contributed by atoms with Gasteiger partial charge in [0.15, 0.2) is 5.65 Å². The van der Waals surface area contributed by atoms with Crippen molar-refractivity contribution in [3.05, 3.63) is 42.6 Å². The van der Waals surface area contributed by atoms with E-state index in [9.17, 15) is 4.79 Å². The van der Waals surface area contributed by atoms with E-state index in [1.165, 1.54) is 39.0 Å². The lowest BCUT2D eigenvalue weighted by Gasteiger charge is -2.24. The number of aromatic nitrogens is 3. The molecule has 0 bridgehead atoms. The van der Waals surface area contributed by atoms with Crippen molar-refractivity contribution in [1.82, 2.24) is 14.6 Å². The van der Waals surface area contributed by atoms with Crippen molar-refractivity contribution in [2.75, 3.05) is 10.6 Å². The molecule has 0 spiro atoms. The molecule has 26 heavy (non-hydrogen) atoms. The molecule has 6 nitrogen and oxygen atoms in total. The van der Waals surface area contributed by atoms with Gasteiger partial charge in [-0.05, 0) is 25.0 Å². The van der Waals surface area contributed by atoms with Gasteiger partial charge < -0.3 is 10.6 Å². The van der Waals surface area contributed by atoms with Crippen LogP contribution in [0.3, 0.4) is 0 Å². The molecule has 2 N–H and O–H groups in total. The highest BCUT2D eigenvalue weighted by Crippen LogP contribution is 2.26. The van der Waals surface area contributed by atoms with Crippen LogP contribution in [0.5, 0.6) is 0 Å². The van der Waals surface area contributed by atoms with Crippen molar-refractivity contribution in [2.24, 2.45) is 0 Å². The van der Waals surface area contributed by atoms with Crippen molar-refractivity contribution < 1.29 is 4.79 Å². The van der Waals surface area contributed by atoms with Gasteiger partial charge in [0.25, 0.3) is 0 Å². The number of amides is 1. The second-order valence-corrected chi connectivity index (χ2v) is 6.87. The first-order valence-electron chi connectivity index (χ1n) is 9.18. The Bertz CT molecular complexity index is 910. The summed E-state index contributed by atoms with van der Waals surface area (Å²) in [6.07, 6.45) is 8.07. The van der Waals surface area contributed by atoms with Gasteiger partial charge in [-0.2, -0.15) is 9.61 Å². The number of fused-ring (bicyclic) bond motifs is 1. The van der Waals surface area contributed by atoms with Crippen LogP contribution < -0.4 is 10.6 Å². The van der Waals surface area contributed by atoms with Crippen molar-refractivity contribution >= 4 is 23.1 Å². The molecule has 0 saturated heterocycles. The predicted molar refractivity (Wildman–Crippen MR) is 103 cm³/mol. The summed E-state index contributed by atoms with van der Waals surface area (Å²) in [6, 6.07) is 12.2. The summed E-state index contributed by atoms with van der Waals surface area (Å²) in [5.74, 6) is 0.906. The average Bonchev–Trinajstić information content (AvgIpc) is 3.12. The highest BCUT2D eigenvalue weighted by molar-refractivity contribution is 5.89. The number of rotatable bonds is 4. The number of hydrogen-bond acceptors (Lipinski definition) is 4. The van der Waals surface area contributed by atoms with Crippen molar-refractivity contribution in [1.29, 1.82) is 0 Å². The van der Waals surface area contributed by atoms with Crippen LogP contribution in [0.15, 0.2) is 42.6 Å². The van der Waals surface area contributed by atoms with E-state index in [1.54, 1.807) is 6.20 Å². The fraction of sp³-hybridized carbons (Fsp3) is 0.350. The van der Waals surface area contributed by atoms with Gasteiger partial charge in [-0.15, -0.1) is 0 Å². The molecule has 1 aliphatic carbocycles. The predicted octanol–water partition coefficient (Wildman–Crippen LogP) is 4.10. The fourth-order valence-corrected chi connectivity index (χ4v) is 3.55. The summed E-state index contributed by atoms with van der Waals surface area (Å²) in [6.45, 7) is 1.51. The molecule has 1 aliphatic rings. The molecule has 1 amide bonds. The van der Waals surface area contributed by atoms with Crippen LogP contribution in [0.4, 0.5) is 11.5 Å². The van der Waals surface area contributed by atoms with Crippen LogP contribution in [0.25, 0.3) is 16.9 Å². The Morgan fingerprint density at radius 3 is 2.62 bits per heavy atom. The van der Waals surface area contributed by atoms with Gasteiger partial charge in [0.1, 0.15) is 5.82 Å². The second-order valence-electron chi connectivity index (χ2n) is 6.87. The van der Waals surface area contributed by atoms with Gasteiger partial charge in [0.05, 0.1) is 11.9 Å². The lowest BCUT2D eigenvalue weighted by atomic mass is 9.95. The number of carbonyl (C=O) groups is 1. The summed E-state index contributed by atoms with van der Waals surface area (Å²) in [5.41, 5.74) is 3.51. The number of benzene rings is 1. The van der Waals surface area contributed by atoms with E-state index in [2.05, 4.69) is 21.8 Å². The summed E-state index contributed by atoms with van der Waals surface area (Å²) >= 11 is 0. The van der Waals surface area contributed by atoms with Gasteiger partial charge >= 0.3 is 0 Å². The lowest BCUT2D eigenvalue weighted by Crippen LogP contribution is -2.23. The zero-order valence-electron chi connectivity index (χ0n) is 14.9. The lowest BCUT2D eigenvalue weighted by molar-refractivity contribution is -0.114. The molecule has 0 aliphatic heterocycles. The molecule has 6 heteroatoms. The minimum atomic E-state index is -0.0736. The van der Waals surface area contributed by atoms with Crippen molar-refractivity contribution in [3.8, 4) is 11.3 Å². The Hall–Kier alpha value is -2.89. The Labute approximate surface area is 152 Å². The standard InChI is InChI=1S/C20H23N5O/c1-14(26)22-17-9-7-15(8-10-17)18-13-20(23-16-5-3-2-4-6-16)25-19(24-18)11-12-21-25/h7-13,16,23H,2-6H2,1H3,(H,22,26). The third-order valence-electron chi connectivity index (χ3n) is 4.82. The topological polar surface area (TPSA) is 71.3 Å². The summed E-state index contributed by atoms with van der Waals surface area (Å²) in [4.78, 5) is 15.9. The zero-order valence-corrected chi connectivity index (χ0v) is 14.9. The summed E-state index contributed by atoms with van der Waals surface area (Å²) in [5, 5.41) is 10.9. The highest BCUT2D eigenvalue weighted by atomic mass is 16.1. The van der Waals surface area contributed by atoms with Crippen LogP contribution in [0.1, 0.15) is 39.0 Å². The first kappa shape index (κ1) is 16.6. The van der Waals surface area contributed by atoms with Gasteiger partial charge in [-0.25, -0.2) is 4.98 Å². The zero-order chi connectivity index (χ0) is 17.9. The molecule has 0 radical (unpaired) electrons. The second kappa shape index (κ2) is 7.15. The van der Waals surface area contributed by atoms with E-state index < -0.39 is 0 Å². The molecular formula is C20H23N5O. The van der Waals surface area contributed by atoms with Gasteiger partial charge in [-0.3, -0.25) is 4.79 Å². The maximum Gasteiger partial charge on any atom is 0.221 e. The van der Waals surface area contributed by atoms with Crippen molar-refractivity contribution in [3.63, 3.8) is 0 Å². The summed E-state index contributed by atoms with van der Waals surface area (Å²) < 4.78 is 1.86. The number of carbonyl (C=O) groups excluding carboxylic acids is 1. The molecule has 0 unspecified atom stereocenters. The van der Waals surface area contributed by atoms with E-state index in [4.69, 9.17) is 4.98 Å². The Kier molecular flexibility index (Phi) is 4.56. The quantitative estimate of drug-likeness (QED) is 0.744. The molecule has 3 aromatic rings. The maximum atomic E-state index is 11.2. The minimum Gasteiger partial charge on any atom is -0.367 e. The largest absolute Gasteiger partial charge is 0.367 e. The molecule has 1 saturated carbocycles. The number of nitrogens with zero attached hydrogens (tertiary/aromatic N) is 3. The van der Waals surface area contributed by atoms with Gasteiger partial charge in [0.2, 0.25) is 5.91 Å². The molecule has 2 heterocycles. The average molecular weight is 349 g/mol. The van der Waals surface area contributed by atoms with E-state index in [1.807, 2.05) is 34.8 Å². The molecule has 2 aromatic heterocycles. The van der Waals surface area contributed by atoms with Gasteiger partial charge in [-0.1, -0.05) is 31.4 Å². The van der Waals surface area contributed by atoms with E-state index in [0.29, 0.717) is 6.04 Å². The Morgan fingerprint density at radius 2 is 1.88 bits per heavy atom. The molecule has 0 atom stereocenters. The fourth-order valence-electron chi connectivity index (χ4n) is 3.55. The number of anilines is 2. The Morgan fingerprint density at radius 1 is 1.12 bits per heavy atom. The third kappa shape index (κ3) is 3.54. The highest BCUT2D eigenvalue weighted by Gasteiger charge is 2.16. The van der Waals surface area contributed by atoms with Crippen LogP contribution in [0.2, 0.25) is 0 Å². The summed E-state index contributed by atoms with van der Waals surface area (Å²) in [7, 11) is 0. The minimum absolute atomic E-state index is 0.0736. The van der Waals surface area contributed by atoms with Crippen LogP contribution in [-0.2, 0) is 4.79 Å². The van der Waals surface area contributed by atoms with Crippen molar-refractivity contribution in [2.45, 2.75) is 45.1 Å². The molecular weight excluding hydrogens is 326 g/mol. The first-order chi connectivity index (χ1) is 12.7. The third-order valence-corrected chi connectivity index (χ3v) is 4.82. The van der Waals surface area contributed by atoms with Crippen LogP contribution >= 0.6 is 0 Å². The SMILES string of the molecule is CC(=O)Nc1ccc(-c2cc(NC3CCCCC3)n3nccc3n2)cc1. The monoisotopic (exact) mass is 349 g/mol. The smallest absolute Gasteiger partial charge is 0.221 e. The number of nitrogens with one attached hydrogen (secondary N) is 2. The molecule has 134 valence electrons. The molecule has 1 fully saturated rings. The van der Waals surface area contributed by atoms with E-state index in [0.717, 1.165) is 28.4 Å². The normalized spacial score (nSPS) is 15.1. The Balaban J connectivity index is 1.65. The van der Waals surface area contributed by atoms with Gasteiger partial charge in [0, 0.05) is 36.3 Å². The van der Waals surface area contributed by atoms with E-state index >= 15 is 0 Å². The maximum absolute atomic E-state index is 11.2. The van der Waals surface area contributed by atoms with E-state index in [-0.39, 0.29) is 5.91 Å². The number of hydrogen-bond donors (Lipinski definition) is 2. The molecule has 4 rings (SSSR count). The van der Waals surface area contributed by atoms with Crippen LogP contribution in [0, 0.1) is 0 Å². The van der Waals surface area contributed by atoms with Crippen LogP contribution in [-0.4, -0.2) is 26.5 Å².